The third-order valence-corrected chi connectivity index (χ3v) is 4.40. The van der Waals surface area contributed by atoms with Crippen LogP contribution in [0.1, 0.15) is 6.92 Å². The first-order valence-corrected chi connectivity index (χ1v) is 8.81. The maximum Gasteiger partial charge on any atom is 0.161 e. The van der Waals surface area contributed by atoms with Crippen molar-refractivity contribution in [2.75, 3.05) is 22.5 Å². The minimum absolute atomic E-state index is 0.504. The summed E-state index contributed by atoms with van der Waals surface area (Å²) in [5.41, 5.74) is 9.80. The molecule has 0 spiro atoms. The minimum atomic E-state index is 0.504. The lowest BCUT2D eigenvalue weighted by Crippen LogP contribution is -2.19. The number of aromatic nitrogens is 3. The molecule has 0 amide bonds. The second-order valence-electron chi connectivity index (χ2n) is 6.04. The van der Waals surface area contributed by atoms with Crippen molar-refractivity contribution in [2.24, 2.45) is 0 Å². The molecule has 0 atom stereocenters. The van der Waals surface area contributed by atoms with Crippen molar-refractivity contribution in [3.8, 4) is 0 Å². The summed E-state index contributed by atoms with van der Waals surface area (Å²) < 4.78 is 0. The van der Waals surface area contributed by atoms with Gasteiger partial charge in [0.15, 0.2) is 11.6 Å². The van der Waals surface area contributed by atoms with Gasteiger partial charge in [-0.2, -0.15) is 0 Å². The van der Waals surface area contributed by atoms with Gasteiger partial charge in [0.2, 0.25) is 0 Å². The summed E-state index contributed by atoms with van der Waals surface area (Å²) in [6, 6.07) is 19.9. The van der Waals surface area contributed by atoms with Crippen LogP contribution in [-0.4, -0.2) is 21.5 Å². The van der Waals surface area contributed by atoms with E-state index in [2.05, 4.69) is 32.1 Å². The molecule has 2 heterocycles. The van der Waals surface area contributed by atoms with Gasteiger partial charge in [-0.3, -0.25) is 4.98 Å². The summed E-state index contributed by atoms with van der Waals surface area (Å²) in [7, 11) is 0. The molecule has 3 N–H and O–H groups in total. The monoisotopic (exact) mass is 356 g/mol. The molecule has 2 aromatic heterocycles. The van der Waals surface area contributed by atoms with Crippen LogP contribution in [-0.2, 0) is 0 Å². The highest BCUT2D eigenvalue weighted by Crippen LogP contribution is 2.34. The number of rotatable bonds is 5. The van der Waals surface area contributed by atoms with Gasteiger partial charge >= 0.3 is 0 Å². The van der Waals surface area contributed by atoms with Crippen molar-refractivity contribution in [1.82, 2.24) is 15.0 Å². The molecule has 0 saturated carbocycles. The zero-order chi connectivity index (χ0) is 18.6. The third-order valence-electron chi connectivity index (χ3n) is 4.40. The van der Waals surface area contributed by atoms with Gasteiger partial charge in [-0.05, 0) is 43.3 Å². The van der Waals surface area contributed by atoms with Gasteiger partial charge < -0.3 is 16.0 Å². The van der Waals surface area contributed by atoms with Crippen LogP contribution in [0.5, 0.6) is 0 Å². The number of para-hydroxylation sites is 1. The molecule has 6 nitrogen and oxygen atoms in total. The van der Waals surface area contributed by atoms with E-state index >= 15 is 0 Å². The lowest BCUT2D eigenvalue weighted by atomic mass is 10.2. The summed E-state index contributed by atoms with van der Waals surface area (Å²) in [5.74, 6) is 1.25. The topological polar surface area (TPSA) is 80.0 Å². The highest BCUT2D eigenvalue weighted by molar-refractivity contribution is 5.94. The second kappa shape index (κ2) is 7.29. The van der Waals surface area contributed by atoms with E-state index in [1.165, 1.54) is 6.33 Å². The van der Waals surface area contributed by atoms with Crippen molar-refractivity contribution >= 4 is 39.6 Å². The van der Waals surface area contributed by atoms with E-state index in [4.69, 9.17) is 5.73 Å². The molecule has 4 aromatic rings. The molecule has 0 unspecified atom stereocenters. The SMILES string of the molecule is CCN(c1ccccc1)c1ncnc(Nc2cccc3ncccc23)c1N. The van der Waals surface area contributed by atoms with E-state index in [1.54, 1.807) is 6.20 Å². The van der Waals surface area contributed by atoms with Crippen LogP contribution in [0.3, 0.4) is 0 Å². The van der Waals surface area contributed by atoms with Gasteiger partial charge in [-0.25, -0.2) is 9.97 Å². The van der Waals surface area contributed by atoms with E-state index in [0.717, 1.165) is 28.8 Å². The number of anilines is 5. The summed E-state index contributed by atoms with van der Waals surface area (Å²) in [6.07, 6.45) is 3.31. The van der Waals surface area contributed by atoms with Crippen LogP contribution >= 0.6 is 0 Å². The number of hydrogen-bond acceptors (Lipinski definition) is 6. The number of benzene rings is 2. The number of pyridine rings is 1. The second-order valence-corrected chi connectivity index (χ2v) is 6.04. The Morgan fingerprint density at radius 3 is 2.59 bits per heavy atom. The van der Waals surface area contributed by atoms with Crippen molar-refractivity contribution in [2.45, 2.75) is 6.92 Å². The molecule has 0 aliphatic heterocycles. The average molecular weight is 356 g/mol. The Labute approximate surface area is 157 Å². The number of hydrogen-bond donors (Lipinski definition) is 2. The molecule has 0 bridgehead atoms. The molecule has 0 aliphatic carbocycles. The molecule has 0 aliphatic rings. The van der Waals surface area contributed by atoms with Crippen LogP contribution in [0, 0.1) is 0 Å². The highest BCUT2D eigenvalue weighted by atomic mass is 15.2. The van der Waals surface area contributed by atoms with Crippen LogP contribution in [0.25, 0.3) is 10.9 Å². The fourth-order valence-electron chi connectivity index (χ4n) is 3.10. The largest absolute Gasteiger partial charge is 0.393 e. The standard InChI is InChI=1S/C21H20N6/c1-2-27(15-8-4-3-5-9-15)21-19(22)20(24-14-25-21)26-18-12-6-11-17-16(18)10-7-13-23-17/h3-14H,2,22H2,1H3,(H,24,25,26). The van der Waals surface area contributed by atoms with Crippen LogP contribution < -0.4 is 16.0 Å². The lowest BCUT2D eigenvalue weighted by molar-refractivity contribution is 0.980. The van der Waals surface area contributed by atoms with E-state index in [-0.39, 0.29) is 0 Å². The Morgan fingerprint density at radius 1 is 0.926 bits per heavy atom. The van der Waals surface area contributed by atoms with E-state index in [9.17, 15) is 0 Å². The van der Waals surface area contributed by atoms with Crippen molar-refractivity contribution in [1.29, 1.82) is 0 Å². The van der Waals surface area contributed by atoms with Gasteiger partial charge in [0.05, 0.1) is 5.52 Å². The fourth-order valence-corrected chi connectivity index (χ4v) is 3.10. The quantitative estimate of drug-likeness (QED) is 0.548. The highest BCUT2D eigenvalue weighted by Gasteiger charge is 2.16. The van der Waals surface area contributed by atoms with Crippen LogP contribution in [0.15, 0.2) is 73.2 Å². The first-order chi connectivity index (χ1) is 13.3. The Hall–Kier alpha value is -3.67. The van der Waals surface area contributed by atoms with E-state index in [0.29, 0.717) is 17.3 Å². The van der Waals surface area contributed by atoms with Crippen LogP contribution in [0.4, 0.5) is 28.7 Å². The summed E-state index contributed by atoms with van der Waals surface area (Å²) in [5, 5.41) is 4.35. The third kappa shape index (κ3) is 3.25. The molecular weight excluding hydrogens is 336 g/mol. The predicted molar refractivity (Wildman–Crippen MR) is 111 cm³/mol. The number of nitrogens with two attached hydrogens (primary N) is 1. The molecule has 0 radical (unpaired) electrons. The fraction of sp³-hybridized carbons (Fsp3) is 0.0952. The molecule has 27 heavy (non-hydrogen) atoms. The Balaban J connectivity index is 1.74. The minimum Gasteiger partial charge on any atom is -0.393 e. The molecular formula is C21H20N6. The lowest BCUT2D eigenvalue weighted by Gasteiger charge is -2.24. The molecule has 4 rings (SSSR count). The van der Waals surface area contributed by atoms with Crippen LogP contribution in [0.2, 0.25) is 0 Å². The number of fused-ring (bicyclic) bond motifs is 1. The zero-order valence-electron chi connectivity index (χ0n) is 15.0. The summed E-state index contributed by atoms with van der Waals surface area (Å²) >= 11 is 0. The van der Waals surface area contributed by atoms with Gasteiger partial charge in [0.25, 0.3) is 0 Å². The van der Waals surface area contributed by atoms with E-state index < -0.39 is 0 Å². The zero-order valence-corrected chi connectivity index (χ0v) is 15.0. The first kappa shape index (κ1) is 16.8. The van der Waals surface area contributed by atoms with Gasteiger partial charge in [-0.1, -0.05) is 24.3 Å². The Kier molecular flexibility index (Phi) is 4.53. The summed E-state index contributed by atoms with van der Waals surface area (Å²) in [4.78, 5) is 15.2. The smallest absolute Gasteiger partial charge is 0.161 e. The summed E-state index contributed by atoms with van der Waals surface area (Å²) in [6.45, 7) is 2.81. The normalized spacial score (nSPS) is 10.7. The Morgan fingerprint density at radius 2 is 1.78 bits per heavy atom. The molecule has 2 aromatic carbocycles. The Bertz CT molecular complexity index is 1060. The van der Waals surface area contributed by atoms with E-state index in [1.807, 2.05) is 60.7 Å². The van der Waals surface area contributed by atoms with Crippen molar-refractivity contribution < 1.29 is 0 Å². The first-order valence-electron chi connectivity index (χ1n) is 8.81. The molecule has 0 saturated heterocycles. The van der Waals surface area contributed by atoms with Gasteiger partial charge in [0.1, 0.15) is 12.0 Å². The average Bonchev–Trinajstić information content (AvgIpc) is 2.72. The molecule has 134 valence electrons. The number of nitrogens with zero attached hydrogens (tertiary/aromatic N) is 4. The number of nitrogens with one attached hydrogen (secondary N) is 1. The van der Waals surface area contributed by atoms with Crippen molar-refractivity contribution in [3.05, 3.63) is 73.2 Å². The maximum absolute atomic E-state index is 6.44. The van der Waals surface area contributed by atoms with Crippen molar-refractivity contribution in [3.63, 3.8) is 0 Å². The maximum atomic E-state index is 6.44. The predicted octanol–water partition coefficient (Wildman–Crippen LogP) is 4.51. The van der Waals surface area contributed by atoms with Gasteiger partial charge in [-0.15, -0.1) is 0 Å². The molecule has 0 fully saturated rings. The van der Waals surface area contributed by atoms with Gasteiger partial charge in [0, 0.05) is 29.5 Å². The molecule has 6 heteroatoms. The number of nitrogen functional groups attached to an aromatic ring is 1.